The van der Waals surface area contributed by atoms with Crippen LogP contribution in [0.15, 0.2) is 29.1 Å². The third kappa shape index (κ3) is 6.67. The van der Waals surface area contributed by atoms with Gasteiger partial charge in [0.2, 0.25) is 5.91 Å². The quantitative estimate of drug-likeness (QED) is 0.517. The van der Waals surface area contributed by atoms with Crippen LogP contribution in [0.3, 0.4) is 0 Å². The molecule has 2 amide bonds. The Morgan fingerprint density at radius 1 is 1.25 bits per heavy atom. The molecule has 0 saturated carbocycles. The summed E-state index contributed by atoms with van der Waals surface area (Å²) in [6.07, 6.45) is 2.13. The molecule has 1 aromatic carbocycles. The monoisotopic (exact) mass is 461 g/mol. The largest absolute Gasteiger partial charge is 0.493 e. The molecular weight excluding hydrogens is 430 g/mol. The van der Waals surface area contributed by atoms with Crippen molar-refractivity contribution in [2.24, 2.45) is 5.92 Å². The van der Waals surface area contributed by atoms with Crippen LogP contribution in [0.5, 0.6) is 11.5 Å². The fraction of sp³-hybridized carbons (Fsp3) is 0.522. The summed E-state index contributed by atoms with van der Waals surface area (Å²) in [6, 6.07) is 5.20. The highest BCUT2D eigenvalue weighted by molar-refractivity contribution is 7.07. The molecule has 32 heavy (non-hydrogen) atoms. The lowest BCUT2D eigenvalue weighted by molar-refractivity contribution is -0.126. The van der Waals surface area contributed by atoms with Crippen LogP contribution in [0.1, 0.15) is 42.2 Å². The minimum atomic E-state index is -0.0649. The number of methoxy groups -OCH3 is 1. The number of amides is 2. The summed E-state index contributed by atoms with van der Waals surface area (Å²) in [5.41, 5.74) is 3.15. The van der Waals surface area contributed by atoms with Crippen molar-refractivity contribution in [3.05, 3.63) is 40.3 Å². The molecule has 0 unspecified atom stereocenters. The standard InChI is InChI=1S/C23H31N3O5S/c1-3-30-12-4-9-24-22(27)17-7-10-26(11-8-17)23(28)18-5-6-20(21(13-18)29-2)31-14-19-15-32-16-25-19/h5-6,13,15-17H,3-4,7-12,14H2,1-2H3,(H,24,27). The van der Waals surface area contributed by atoms with E-state index < -0.39 is 0 Å². The average molecular weight is 462 g/mol. The van der Waals surface area contributed by atoms with E-state index in [-0.39, 0.29) is 17.7 Å². The molecule has 1 aromatic heterocycles. The summed E-state index contributed by atoms with van der Waals surface area (Å²) in [6.45, 7) is 5.37. The third-order valence-corrected chi connectivity index (χ3v) is 6.03. The molecule has 0 spiro atoms. The van der Waals surface area contributed by atoms with Crippen molar-refractivity contribution in [1.82, 2.24) is 15.2 Å². The van der Waals surface area contributed by atoms with Crippen molar-refractivity contribution in [3.63, 3.8) is 0 Å². The first-order valence-corrected chi connectivity index (χ1v) is 11.9. The fourth-order valence-electron chi connectivity index (χ4n) is 3.58. The molecule has 2 aromatic rings. The van der Waals surface area contributed by atoms with Crippen molar-refractivity contribution in [2.75, 3.05) is 40.0 Å². The smallest absolute Gasteiger partial charge is 0.253 e. The first-order valence-electron chi connectivity index (χ1n) is 10.9. The van der Waals surface area contributed by atoms with Crippen molar-refractivity contribution in [3.8, 4) is 11.5 Å². The molecule has 1 aliphatic rings. The number of likely N-dealkylation sites (tertiary alicyclic amines) is 1. The Hall–Kier alpha value is -2.65. The van der Waals surface area contributed by atoms with Crippen LogP contribution in [0.25, 0.3) is 0 Å². The lowest BCUT2D eigenvalue weighted by Gasteiger charge is -2.31. The minimum absolute atomic E-state index is 0.0535. The van der Waals surface area contributed by atoms with Crippen LogP contribution < -0.4 is 14.8 Å². The van der Waals surface area contributed by atoms with Crippen LogP contribution in [0, 0.1) is 5.92 Å². The van der Waals surface area contributed by atoms with Gasteiger partial charge < -0.3 is 24.4 Å². The van der Waals surface area contributed by atoms with Gasteiger partial charge >= 0.3 is 0 Å². The number of piperidine rings is 1. The van der Waals surface area contributed by atoms with E-state index in [2.05, 4.69) is 10.3 Å². The lowest BCUT2D eigenvalue weighted by atomic mass is 9.95. The van der Waals surface area contributed by atoms with Gasteiger partial charge in [-0.15, -0.1) is 11.3 Å². The number of carbonyl (C=O) groups excluding carboxylic acids is 2. The number of rotatable bonds is 11. The van der Waals surface area contributed by atoms with E-state index in [4.69, 9.17) is 14.2 Å². The second-order valence-electron chi connectivity index (χ2n) is 7.54. The van der Waals surface area contributed by atoms with Gasteiger partial charge in [0, 0.05) is 49.7 Å². The number of benzene rings is 1. The molecule has 0 radical (unpaired) electrons. The van der Waals surface area contributed by atoms with E-state index in [1.54, 1.807) is 35.7 Å². The Bertz CT molecular complexity index is 867. The van der Waals surface area contributed by atoms with Gasteiger partial charge in [-0.25, -0.2) is 4.98 Å². The highest BCUT2D eigenvalue weighted by Crippen LogP contribution is 2.30. The Balaban J connectivity index is 1.49. The van der Waals surface area contributed by atoms with Gasteiger partial charge in [-0.3, -0.25) is 9.59 Å². The van der Waals surface area contributed by atoms with Crippen molar-refractivity contribution >= 4 is 23.2 Å². The number of aromatic nitrogens is 1. The van der Waals surface area contributed by atoms with Crippen LogP contribution in [0.4, 0.5) is 0 Å². The summed E-state index contributed by atoms with van der Waals surface area (Å²) < 4.78 is 16.5. The maximum atomic E-state index is 13.0. The van der Waals surface area contributed by atoms with E-state index in [1.807, 2.05) is 12.3 Å². The zero-order valence-corrected chi connectivity index (χ0v) is 19.5. The summed E-state index contributed by atoms with van der Waals surface area (Å²) in [4.78, 5) is 31.3. The summed E-state index contributed by atoms with van der Waals surface area (Å²) in [5.74, 6) is 1.02. The van der Waals surface area contributed by atoms with Gasteiger partial charge in [0.15, 0.2) is 11.5 Å². The molecule has 0 aliphatic carbocycles. The van der Waals surface area contributed by atoms with Gasteiger partial charge in [0.25, 0.3) is 5.91 Å². The van der Waals surface area contributed by atoms with Gasteiger partial charge in [0.1, 0.15) is 6.61 Å². The number of carbonyl (C=O) groups is 2. The van der Waals surface area contributed by atoms with Crippen molar-refractivity contribution in [1.29, 1.82) is 0 Å². The first kappa shape index (κ1) is 24.0. The molecule has 9 heteroatoms. The SMILES string of the molecule is CCOCCCNC(=O)C1CCN(C(=O)c2ccc(OCc3cscn3)c(OC)c2)CC1. The zero-order chi connectivity index (χ0) is 22.8. The third-order valence-electron chi connectivity index (χ3n) is 5.39. The van der Waals surface area contributed by atoms with Crippen LogP contribution in [-0.2, 0) is 16.1 Å². The number of ether oxygens (including phenoxy) is 3. The number of thiazole rings is 1. The summed E-state index contributed by atoms with van der Waals surface area (Å²) >= 11 is 1.51. The van der Waals surface area contributed by atoms with E-state index in [9.17, 15) is 9.59 Å². The summed E-state index contributed by atoms with van der Waals surface area (Å²) in [5, 5.41) is 4.90. The molecule has 8 nitrogen and oxygen atoms in total. The molecule has 1 N–H and O–H groups in total. The number of hydrogen-bond donors (Lipinski definition) is 1. The first-order chi connectivity index (χ1) is 15.6. The van der Waals surface area contributed by atoms with Gasteiger partial charge in [-0.1, -0.05) is 0 Å². The number of nitrogens with one attached hydrogen (secondary N) is 1. The lowest BCUT2D eigenvalue weighted by Crippen LogP contribution is -2.43. The molecule has 1 aliphatic heterocycles. The van der Waals surface area contributed by atoms with Crippen LogP contribution in [-0.4, -0.2) is 61.7 Å². The summed E-state index contributed by atoms with van der Waals surface area (Å²) in [7, 11) is 1.55. The Morgan fingerprint density at radius 3 is 2.75 bits per heavy atom. The Labute approximate surface area is 192 Å². The molecule has 3 rings (SSSR count). The average Bonchev–Trinajstić information content (AvgIpc) is 3.35. The molecule has 2 heterocycles. The second-order valence-corrected chi connectivity index (χ2v) is 8.26. The zero-order valence-electron chi connectivity index (χ0n) is 18.7. The predicted molar refractivity (Wildman–Crippen MR) is 122 cm³/mol. The van der Waals surface area contributed by atoms with Crippen LogP contribution in [0.2, 0.25) is 0 Å². The predicted octanol–water partition coefficient (Wildman–Crippen LogP) is 3.13. The topological polar surface area (TPSA) is 90.0 Å². The molecule has 0 atom stereocenters. The Morgan fingerprint density at radius 2 is 2.06 bits per heavy atom. The van der Waals surface area contributed by atoms with Gasteiger partial charge in [-0.2, -0.15) is 0 Å². The molecule has 1 saturated heterocycles. The van der Waals surface area contributed by atoms with E-state index >= 15 is 0 Å². The van der Waals surface area contributed by atoms with Gasteiger partial charge in [0.05, 0.1) is 18.3 Å². The maximum absolute atomic E-state index is 13.0. The van der Waals surface area contributed by atoms with Crippen molar-refractivity contribution < 1.29 is 23.8 Å². The fourth-order valence-corrected chi connectivity index (χ4v) is 4.13. The van der Waals surface area contributed by atoms with E-state index in [0.29, 0.717) is 69.4 Å². The number of hydrogen-bond acceptors (Lipinski definition) is 7. The highest BCUT2D eigenvalue weighted by Gasteiger charge is 2.28. The van der Waals surface area contributed by atoms with Crippen LogP contribution >= 0.6 is 11.3 Å². The minimum Gasteiger partial charge on any atom is -0.493 e. The molecular formula is C23H31N3O5S. The van der Waals surface area contributed by atoms with E-state index in [0.717, 1.165) is 12.1 Å². The van der Waals surface area contributed by atoms with Crippen molar-refractivity contribution in [2.45, 2.75) is 32.8 Å². The molecule has 0 bridgehead atoms. The van der Waals surface area contributed by atoms with E-state index in [1.165, 1.54) is 11.3 Å². The molecule has 1 fully saturated rings. The number of nitrogens with zero attached hydrogens (tertiary/aromatic N) is 2. The van der Waals surface area contributed by atoms with Gasteiger partial charge in [-0.05, 0) is 44.4 Å². The Kier molecular flexibility index (Phi) is 9.30. The molecule has 174 valence electrons. The maximum Gasteiger partial charge on any atom is 0.253 e. The highest BCUT2D eigenvalue weighted by atomic mass is 32.1. The second kappa shape index (κ2) is 12.4. The normalized spacial score (nSPS) is 14.2.